The van der Waals surface area contributed by atoms with E-state index in [1.165, 1.54) is 18.2 Å². The van der Waals surface area contributed by atoms with Crippen LogP contribution in [0.2, 0.25) is 5.02 Å². The number of carbonyl (C=O) groups excluding carboxylic acids is 2. The number of nitro groups is 1. The number of hydrogen-bond donors (Lipinski definition) is 1. The first-order valence-electron chi connectivity index (χ1n) is 7.85. The molecular formula is C18H17ClN2O6. The van der Waals surface area contributed by atoms with E-state index in [1.54, 1.807) is 25.1 Å². The number of carbonyl (C=O) groups is 2. The number of rotatable bonds is 7. The van der Waals surface area contributed by atoms with Crippen molar-refractivity contribution in [3.63, 3.8) is 0 Å². The molecule has 1 N–H and O–H groups in total. The molecule has 0 radical (unpaired) electrons. The molecule has 9 heteroatoms. The van der Waals surface area contributed by atoms with Crippen molar-refractivity contribution in [2.45, 2.75) is 13.8 Å². The molecule has 0 bridgehead atoms. The van der Waals surface area contributed by atoms with Crippen molar-refractivity contribution in [1.29, 1.82) is 0 Å². The zero-order valence-electron chi connectivity index (χ0n) is 14.7. The minimum atomic E-state index is -0.733. The van der Waals surface area contributed by atoms with Crippen LogP contribution >= 0.6 is 11.6 Å². The van der Waals surface area contributed by atoms with Crippen molar-refractivity contribution in [2.75, 3.05) is 18.5 Å². The van der Waals surface area contributed by atoms with E-state index >= 15 is 0 Å². The zero-order valence-corrected chi connectivity index (χ0v) is 15.4. The third kappa shape index (κ3) is 5.96. The minimum absolute atomic E-state index is 0.0797. The van der Waals surface area contributed by atoms with E-state index in [9.17, 15) is 19.7 Å². The number of aryl methyl sites for hydroxylation is 2. The van der Waals surface area contributed by atoms with Gasteiger partial charge in [0.2, 0.25) is 0 Å². The molecule has 2 rings (SSSR count). The summed E-state index contributed by atoms with van der Waals surface area (Å²) in [7, 11) is 0. The number of nitrogens with one attached hydrogen (secondary N) is 1. The second kappa shape index (κ2) is 9.00. The summed E-state index contributed by atoms with van der Waals surface area (Å²) in [5.41, 5.74) is 1.75. The van der Waals surface area contributed by atoms with E-state index in [-0.39, 0.29) is 5.69 Å². The van der Waals surface area contributed by atoms with Gasteiger partial charge in [0.25, 0.3) is 11.6 Å². The van der Waals surface area contributed by atoms with Gasteiger partial charge < -0.3 is 14.8 Å². The first-order valence-corrected chi connectivity index (χ1v) is 8.23. The molecule has 0 fully saturated rings. The normalized spacial score (nSPS) is 10.2. The largest absolute Gasteiger partial charge is 0.480 e. The van der Waals surface area contributed by atoms with Gasteiger partial charge in [-0.25, -0.2) is 4.79 Å². The molecule has 0 aliphatic carbocycles. The Balaban J connectivity index is 1.82. The smallest absolute Gasteiger partial charge is 0.344 e. The van der Waals surface area contributed by atoms with Crippen LogP contribution < -0.4 is 10.1 Å². The summed E-state index contributed by atoms with van der Waals surface area (Å²) < 4.78 is 10.1. The molecule has 142 valence electrons. The highest BCUT2D eigenvalue weighted by Crippen LogP contribution is 2.25. The van der Waals surface area contributed by atoms with E-state index < -0.39 is 30.0 Å². The number of hydrogen-bond acceptors (Lipinski definition) is 6. The molecule has 0 aliphatic rings. The monoisotopic (exact) mass is 392 g/mol. The summed E-state index contributed by atoms with van der Waals surface area (Å²) in [6, 6.07) is 9.15. The third-order valence-electron chi connectivity index (χ3n) is 3.49. The maximum Gasteiger partial charge on any atom is 0.344 e. The van der Waals surface area contributed by atoms with Crippen LogP contribution in [-0.2, 0) is 14.3 Å². The van der Waals surface area contributed by atoms with Crippen LogP contribution in [0.15, 0.2) is 36.4 Å². The second-order valence-electron chi connectivity index (χ2n) is 5.69. The Morgan fingerprint density at radius 3 is 2.56 bits per heavy atom. The molecule has 0 atom stereocenters. The molecule has 0 saturated heterocycles. The summed E-state index contributed by atoms with van der Waals surface area (Å²) in [4.78, 5) is 33.8. The number of ether oxygens (including phenoxy) is 2. The van der Waals surface area contributed by atoms with E-state index in [0.29, 0.717) is 22.0 Å². The van der Waals surface area contributed by atoms with Gasteiger partial charge in [0.15, 0.2) is 13.2 Å². The number of halogens is 1. The first-order chi connectivity index (χ1) is 12.8. The predicted molar refractivity (Wildman–Crippen MR) is 99.1 cm³/mol. The van der Waals surface area contributed by atoms with Crippen molar-refractivity contribution < 1.29 is 24.0 Å². The lowest BCUT2D eigenvalue weighted by molar-refractivity contribution is -0.384. The molecule has 0 heterocycles. The molecule has 0 unspecified atom stereocenters. The number of anilines is 1. The van der Waals surface area contributed by atoms with E-state index in [1.807, 2.05) is 6.92 Å². The highest BCUT2D eigenvalue weighted by atomic mass is 35.5. The molecule has 2 aromatic rings. The first kappa shape index (κ1) is 20.2. The van der Waals surface area contributed by atoms with E-state index in [0.717, 1.165) is 5.56 Å². The molecule has 0 saturated carbocycles. The second-order valence-corrected chi connectivity index (χ2v) is 6.09. The van der Waals surface area contributed by atoms with Gasteiger partial charge in [0.1, 0.15) is 5.75 Å². The molecule has 0 aromatic heterocycles. The number of non-ortho nitro benzene ring substituents is 1. The predicted octanol–water partition coefficient (Wildman–Crippen LogP) is 3.43. The summed E-state index contributed by atoms with van der Waals surface area (Å²) >= 11 is 5.96. The van der Waals surface area contributed by atoms with Gasteiger partial charge in [0, 0.05) is 17.8 Å². The lowest BCUT2D eigenvalue weighted by Gasteiger charge is -2.10. The highest BCUT2D eigenvalue weighted by molar-refractivity contribution is 6.32. The topological polar surface area (TPSA) is 108 Å². The van der Waals surface area contributed by atoms with Crippen LogP contribution in [0.3, 0.4) is 0 Å². The Bertz CT molecular complexity index is 884. The Morgan fingerprint density at radius 1 is 1.15 bits per heavy atom. The van der Waals surface area contributed by atoms with Crippen LogP contribution in [0.5, 0.6) is 5.75 Å². The fraction of sp³-hybridized carbons (Fsp3) is 0.222. The van der Waals surface area contributed by atoms with Crippen LogP contribution in [0, 0.1) is 24.0 Å². The van der Waals surface area contributed by atoms with Crippen molar-refractivity contribution >= 4 is 34.9 Å². The van der Waals surface area contributed by atoms with Crippen LogP contribution in [0.4, 0.5) is 11.4 Å². The SMILES string of the molecule is Cc1ccc(Cl)c(OCC(=O)OCC(=O)Nc2ccc([N+](=O)[O-])cc2C)c1. The van der Waals surface area contributed by atoms with Gasteiger partial charge >= 0.3 is 5.97 Å². The molecule has 0 aliphatic heterocycles. The van der Waals surface area contributed by atoms with Crippen molar-refractivity contribution in [2.24, 2.45) is 0 Å². The number of benzene rings is 2. The molecule has 27 heavy (non-hydrogen) atoms. The molecule has 1 amide bonds. The number of nitrogens with zero attached hydrogens (tertiary/aromatic N) is 1. The average Bonchev–Trinajstić information content (AvgIpc) is 2.62. The summed E-state index contributed by atoms with van der Waals surface area (Å²) in [6.45, 7) is 2.56. The Labute approximate surface area is 160 Å². The fourth-order valence-corrected chi connectivity index (χ4v) is 2.31. The summed E-state index contributed by atoms with van der Waals surface area (Å²) in [5.74, 6) is -0.961. The maximum absolute atomic E-state index is 11.9. The number of amides is 1. The van der Waals surface area contributed by atoms with Gasteiger partial charge in [-0.15, -0.1) is 0 Å². The van der Waals surface area contributed by atoms with Crippen molar-refractivity contribution in [3.05, 3.63) is 62.7 Å². The Morgan fingerprint density at radius 2 is 1.89 bits per heavy atom. The summed E-state index contributed by atoms with van der Waals surface area (Å²) in [5, 5.41) is 13.6. The van der Waals surface area contributed by atoms with Crippen molar-refractivity contribution in [1.82, 2.24) is 0 Å². The number of nitro benzene ring substituents is 1. The fourth-order valence-electron chi connectivity index (χ4n) is 2.13. The van der Waals surface area contributed by atoms with Crippen LogP contribution in [0.25, 0.3) is 0 Å². The standard InChI is InChI=1S/C18H17ClN2O6/c1-11-3-5-14(19)16(7-11)26-10-18(23)27-9-17(22)20-15-6-4-13(21(24)25)8-12(15)2/h3-8H,9-10H2,1-2H3,(H,20,22). The third-order valence-corrected chi connectivity index (χ3v) is 3.80. The molecule has 2 aromatic carbocycles. The summed E-state index contributed by atoms with van der Waals surface area (Å²) in [6.07, 6.45) is 0. The van der Waals surface area contributed by atoms with E-state index in [4.69, 9.17) is 21.1 Å². The quantitative estimate of drug-likeness (QED) is 0.439. The lowest BCUT2D eigenvalue weighted by atomic mass is 10.2. The van der Waals surface area contributed by atoms with E-state index in [2.05, 4.69) is 5.32 Å². The average molecular weight is 393 g/mol. The van der Waals surface area contributed by atoms with Gasteiger partial charge in [-0.2, -0.15) is 0 Å². The maximum atomic E-state index is 11.9. The van der Waals surface area contributed by atoms with Gasteiger partial charge in [0.05, 0.1) is 9.95 Å². The zero-order chi connectivity index (χ0) is 20.0. The Kier molecular flexibility index (Phi) is 6.73. The number of esters is 1. The molecule has 8 nitrogen and oxygen atoms in total. The van der Waals surface area contributed by atoms with Gasteiger partial charge in [-0.1, -0.05) is 17.7 Å². The van der Waals surface area contributed by atoms with Crippen LogP contribution in [0.1, 0.15) is 11.1 Å². The van der Waals surface area contributed by atoms with Gasteiger partial charge in [-0.05, 0) is 43.2 Å². The highest BCUT2D eigenvalue weighted by Gasteiger charge is 2.13. The van der Waals surface area contributed by atoms with Gasteiger partial charge in [-0.3, -0.25) is 14.9 Å². The molecule has 0 spiro atoms. The van der Waals surface area contributed by atoms with Crippen molar-refractivity contribution in [3.8, 4) is 5.75 Å². The Hall–Kier alpha value is -3.13. The lowest BCUT2D eigenvalue weighted by Crippen LogP contribution is -2.24. The molecular weight excluding hydrogens is 376 g/mol. The minimum Gasteiger partial charge on any atom is -0.480 e. The van der Waals surface area contributed by atoms with Crippen LogP contribution in [-0.4, -0.2) is 30.0 Å².